The van der Waals surface area contributed by atoms with Gasteiger partial charge in [-0.2, -0.15) is 0 Å². The smallest absolute Gasteiger partial charge is 0.0585 e. The third-order valence-electron chi connectivity index (χ3n) is 1.17. The number of rotatable bonds is 3. The molecule has 0 unspecified atom stereocenters. The maximum absolute atomic E-state index is 5.39. The van der Waals surface area contributed by atoms with Crippen molar-refractivity contribution in [1.82, 2.24) is 4.98 Å². The van der Waals surface area contributed by atoms with E-state index in [1.165, 1.54) is 17.3 Å². The minimum Gasteiger partial charge on any atom is -0.394 e. The Morgan fingerprint density at radius 3 is 2.73 bits per heavy atom. The first-order chi connectivity index (χ1) is 5.29. The van der Waals surface area contributed by atoms with Crippen LogP contribution in [0.25, 0.3) is 0 Å². The van der Waals surface area contributed by atoms with Crippen LogP contribution in [0.5, 0.6) is 0 Å². The van der Waals surface area contributed by atoms with Gasteiger partial charge in [-0.1, -0.05) is 6.58 Å². The van der Waals surface area contributed by atoms with Gasteiger partial charge in [0.05, 0.1) is 5.03 Å². The topological polar surface area (TPSA) is 38.9 Å². The van der Waals surface area contributed by atoms with Crippen LogP contribution in [0.15, 0.2) is 36.1 Å². The Morgan fingerprint density at radius 2 is 2.18 bits per heavy atom. The summed E-state index contributed by atoms with van der Waals surface area (Å²) in [7, 11) is 0. The molecular formula is C8H10N2S. The molecule has 0 saturated heterocycles. The second kappa shape index (κ2) is 4.03. The lowest BCUT2D eigenvalue weighted by Crippen LogP contribution is -1.89. The Hall–Kier alpha value is -0.960. The number of nitrogens with two attached hydrogens (primary N) is 1. The van der Waals surface area contributed by atoms with Crippen LogP contribution in [0.1, 0.15) is 5.56 Å². The Kier molecular flexibility index (Phi) is 2.98. The van der Waals surface area contributed by atoms with Crippen molar-refractivity contribution >= 4 is 11.8 Å². The number of pyridine rings is 1. The molecule has 3 heteroatoms. The zero-order chi connectivity index (χ0) is 8.10. The molecule has 0 atom stereocenters. The summed E-state index contributed by atoms with van der Waals surface area (Å²) in [6, 6.07) is 3.94. The Labute approximate surface area is 70.5 Å². The highest BCUT2D eigenvalue weighted by atomic mass is 32.2. The molecule has 0 amide bonds. The first-order valence-electron chi connectivity index (χ1n) is 3.25. The van der Waals surface area contributed by atoms with Gasteiger partial charge in [-0.15, -0.1) is 11.8 Å². The quantitative estimate of drug-likeness (QED) is 0.743. The van der Waals surface area contributed by atoms with Gasteiger partial charge in [-0.3, -0.25) is 4.98 Å². The fraction of sp³-hybridized carbons (Fsp3) is 0.125. The number of nitrogens with zero attached hydrogens (tertiary/aromatic N) is 1. The molecular weight excluding hydrogens is 156 g/mol. The van der Waals surface area contributed by atoms with E-state index in [2.05, 4.69) is 11.6 Å². The summed E-state index contributed by atoms with van der Waals surface area (Å²) in [6.07, 6.45) is 3.55. The zero-order valence-corrected chi connectivity index (χ0v) is 6.97. The highest BCUT2D eigenvalue weighted by molar-refractivity contribution is 8.02. The Balaban J connectivity index is 2.45. The van der Waals surface area contributed by atoms with Crippen LogP contribution in [0, 0.1) is 0 Å². The van der Waals surface area contributed by atoms with E-state index in [-0.39, 0.29) is 0 Å². The minimum absolute atomic E-state index is 0.654. The molecule has 58 valence electrons. The molecule has 0 aliphatic heterocycles. The molecule has 0 spiro atoms. The van der Waals surface area contributed by atoms with Crippen LogP contribution >= 0.6 is 11.8 Å². The fourth-order valence-electron chi connectivity index (χ4n) is 0.655. The zero-order valence-electron chi connectivity index (χ0n) is 6.16. The molecule has 2 nitrogen and oxygen atoms in total. The average Bonchev–Trinajstić information content (AvgIpc) is 2.03. The van der Waals surface area contributed by atoms with Gasteiger partial charge in [0.2, 0.25) is 0 Å². The molecule has 1 aromatic rings. The van der Waals surface area contributed by atoms with Crippen LogP contribution < -0.4 is 5.73 Å². The largest absolute Gasteiger partial charge is 0.394 e. The molecule has 0 saturated carbocycles. The normalized spacial score (nSPS) is 9.45. The van der Waals surface area contributed by atoms with E-state index < -0.39 is 0 Å². The van der Waals surface area contributed by atoms with Crippen molar-refractivity contribution in [3.05, 3.63) is 41.7 Å². The van der Waals surface area contributed by atoms with E-state index in [9.17, 15) is 0 Å². The highest BCUT2D eigenvalue weighted by Crippen LogP contribution is 2.14. The van der Waals surface area contributed by atoms with Crippen molar-refractivity contribution in [2.24, 2.45) is 5.73 Å². The molecule has 1 rings (SSSR count). The molecule has 2 N–H and O–H groups in total. The van der Waals surface area contributed by atoms with E-state index in [0.717, 1.165) is 5.75 Å². The first kappa shape index (κ1) is 8.14. The van der Waals surface area contributed by atoms with E-state index >= 15 is 0 Å². The average molecular weight is 166 g/mol. The standard InChI is InChI=1S/C8H10N2S/c1-7(9)11-6-8-2-4-10-5-3-8/h2-5H,1,6,9H2. The van der Waals surface area contributed by atoms with Gasteiger partial charge in [0.1, 0.15) is 0 Å². The van der Waals surface area contributed by atoms with Crippen molar-refractivity contribution in [2.75, 3.05) is 0 Å². The van der Waals surface area contributed by atoms with Gasteiger partial charge in [0, 0.05) is 18.1 Å². The Morgan fingerprint density at radius 1 is 1.55 bits per heavy atom. The van der Waals surface area contributed by atoms with Crippen molar-refractivity contribution in [1.29, 1.82) is 0 Å². The Bertz CT molecular complexity index is 233. The number of thioether (sulfide) groups is 1. The third-order valence-corrected chi connectivity index (χ3v) is 2.02. The summed E-state index contributed by atoms with van der Waals surface area (Å²) in [4.78, 5) is 3.91. The molecule has 0 aliphatic rings. The van der Waals surface area contributed by atoms with Gasteiger partial charge in [0.15, 0.2) is 0 Å². The summed E-state index contributed by atoms with van der Waals surface area (Å²) in [5, 5.41) is 0.654. The van der Waals surface area contributed by atoms with Gasteiger partial charge >= 0.3 is 0 Å². The van der Waals surface area contributed by atoms with Crippen LogP contribution in [0.3, 0.4) is 0 Å². The number of hydrogen-bond donors (Lipinski definition) is 1. The lowest BCUT2D eigenvalue weighted by atomic mass is 10.3. The lowest BCUT2D eigenvalue weighted by Gasteiger charge is -1.98. The second-order valence-electron chi connectivity index (χ2n) is 2.11. The van der Waals surface area contributed by atoms with Crippen molar-refractivity contribution in [3.8, 4) is 0 Å². The monoisotopic (exact) mass is 166 g/mol. The maximum atomic E-state index is 5.39. The van der Waals surface area contributed by atoms with Gasteiger partial charge in [-0.05, 0) is 17.7 Å². The molecule has 11 heavy (non-hydrogen) atoms. The van der Waals surface area contributed by atoms with Crippen LogP contribution in [0.2, 0.25) is 0 Å². The van der Waals surface area contributed by atoms with Crippen LogP contribution in [0.4, 0.5) is 0 Å². The number of aromatic nitrogens is 1. The summed E-state index contributed by atoms with van der Waals surface area (Å²) in [5.74, 6) is 0.873. The maximum Gasteiger partial charge on any atom is 0.0585 e. The van der Waals surface area contributed by atoms with E-state index in [1.807, 2.05) is 12.1 Å². The molecule has 1 heterocycles. The fourth-order valence-corrected chi connectivity index (χ4v) is 1.20. The van der Waals surface area contributed by atoms with E-state index in [4.69, 9.17) is 5.73 Å². The second-order valence-corrected chi connectivity index (χ2v) is 3.21. The van der Waals surface area contributed by atoms with Crippen LogP contribution in [-0.4, -0.2) is 4.98 Å². The molecule has 0 fully saturated rings. The summed E-state index contributed by atoms with van der Waals surface area (Å²) in [5.41, 5.74) is 6.61. The highest BCUT2D eigenvalue weighted by Gasteiger charge is 1.91. The van der Waals surface area contributed by atoms with Crippen LogP contribution in [-0.2, 0) is 5.75 Å². The van der Waals surface area contributed by atoms with Gasteiger partial charge in [0.25, 0.3) is 0 Å². The molecule has 0 radical (unpaired) electrons. The van der Waals surface area contributed by atoms with E-state index in [0.29, 0.717) is 5.03 Å². The molecule has 1 aromatic heterocycles. The molecule has 0 aromatic carbocycles. The van der Waals surface area contributed by atoms with Gasteiger partial charge < -0.3 is 5.73 Å². The SMILES string of the molecule is C=C(N)SCc1ccncc1. The van der Waals surface area contributed by atoms with Crippen molar-refractivity contribution < 1.29 is 0 Å². The lowest BCUT2D eigenvalue weighted by molar-refractivity contribution is 1.27. The minimum atomic E-state index is 0.654. The predicted molar refractivity (Wildman–Crippen MR) is 48.9 cm³/mol. The summed E-state index contributed by atoms with van der Waals surface area (Å²) in [6.45, 7) is 3.60. The van der Waals surface area contributed by atoms with E-state index in [1.54, 1.807) is 12.4 Å². The predicted octanol–water partition coefficient (Wildman–Crippen LogP) is 1.74. The van der Waals surface area contributed by atoms with Crippen molar-refractivity contribution in [2.45, 2.75) is 5.75 Å². The van der Waals surface area contributed by atoms with Crippen molar-refractivity contribution in [3.63, 3.8) is 0 Å². The van der Waals surface area contributed by atoms with Gasteiger partial charge in [-0.25, -0.2) is 0 Å². The first-order valence-corrected chi connectivity index (χ1v) is 4.23. The molecule has 0 aliphatic carbocycles. The number of hydrogen-bond acceptors (Lipinski definition) is 3. The molecule has 0 bridgehead atoms. The summed E-state index contributed by atoms with van der Waals surface area (Å²) < 4.78 is 0. The summed E-state index contributed by atoms with van der Waals surface area (Å²) >= 11 is 1.54. The third kappa shape index (κ3) is 3.09.